The van der Waals surface area contributed by atoms with Gasteiger partial charge in [-0.2, -0.15) is 0 Å². The van der Waals surface area contributed by atoms with Crippen LogP contribution in [0.4, 0.5) is 0 Å². The minimum Gasteiger partial charge on any atom is -0.341 e. The van der Waals surface area contributed by atoms with E-state index in [9.17, 15) is 4.79 Å². The van der Waals surface area contributed by atoms with Gasteiger partial charge in [-0.05, 0) is 24.3 Å². The monoisotopic (exact) mass is 256 g/mol. The molecule has 1 amide bonds. The average Bonchev–Trinajstić information content (AvgIpc) is 2.71. The number of nitrogens with zero attached hydrogens (tertiary/aromatic N) is 1. The first-order chi connectivity index (χ1) is 9.19. The molecule has 1 fully saturated rings. The lowest BCUT2D eigenvalue weighted by Crippen LogP contribution is -2.39. The molecule has 0 saturated carbocycles. The van der Waals surface area contributed by atoms with Crippen LogP contribution in [-0.4, -0.2) is 29.9 Å². The van der Waals surface area contributed by atoms with Gasteiger partial charge in [-0.3, -0.25) is 9.69 Å². The maximum absolute atomic E-state index is 11.5. The summed E-state index contributed by atoms with van der Waals surface area (Å²) in [5, 5.41) is 2.99. The Balaban J connectivity index is 1.90. The summed E-state index contributed by atoms with van der Waals surface area (Å²) >= 11 is 0. The van der Waals surface area contributed by atoms with E-state index in [4.69, 9.17) is 0 Å². The zero-order valence-corrected chi connectivity index (χ0v) is 11.5. The van der Waals surface area contributed by atoms with E-state index < -0.39 is 0 Å². The van der Waals surface area contributed by atoms with Gasteiger partial charge in [-0.15, -0.1) is 0 Å². The molecule has 1 aliphatic rings. The van der Waals surface area contributed by atoms with Crippen LogP contribution >= 0.6 is 0 Å². The van der Waals surface area contributed by atoms with Crippen molar-refractivity contribution in [2.75, 3.05) is 13.1 Å². The Hall–Kier alpha value is -1.79. The van der Waals surface area contributed by atoms with Gasteiger partial charge in [0.25, 0.3) is 5.91 Å². The van der Waals surface area contributed by atoms with E-state index in [2.05, 4.69) is 53.2 Å². The summed E-state index contributed by atoms with van der Waals surface area (Å²) in [6, 6.07) is 10.6. The van der Waals surface area contributed by atoms with Crippen molar-refractivity contribution in [1.29, 1.82) is 0 Å². The Labute approximate surface area is 115 Å². The van der Waals surface area contributed by atoms with Gasteiger partial charge in [0.1, 0.15) is 0 Å². The van der Waals surface area contributed by atoms with E-state index in [1.807, 2.05) is 6.07 Å². The van der Waals surface area contributed by atoms with E-state index >= 15 is 0 Å². The fourth-order valence-corrected chi connectivity index (χ4v) is 2.54. The highest BCUT2D eigenvalue weighted by molar-refractivity contribution is 5.93. The molecule has 2 unspecified atom stereocenters. The molecule has 3 heteroatoms. The molecule has 0 aromatic heterocycles. The smallest absolute Gasteiger partial charge is 0.296 e. The van der Waals surface area contributed by atoms with E-state index in [1.54, 1.807) is 6.92 Å². The second-order valence-corrected chi connectivity index (χ2v) is 5.11. The van der Waals surface area contributed by atoms with Gasteiger partial charge < -0.3 is 5.32 Å². The van der Waals surface area contributed by atoms with Crippen molar-refractivity contribution < 1.29 is 4.79 Å². The molecule has 1 saturated heterocycles. The van der Waals surface area contributed by atoms with Crippen LogP contribution < -0.4 is 5.32 Å². The van der Waals surface area contributed by atoms with Crippen LogP contribution in [0.5, 0.6) is 0 Å². The van der Waals surface area contributed by atoms with E-state index in [0.717, 1.165) is 19.6 Å². The molecule has 0 bridgehead atoms. The number of nitrogens with one attached hydrogen (secondary N) is 1. The number of hydrogen-bond donors (Lipinski definition) is 1. The maximum Gasteiger partial charge on any atom is 0.296 e. The molecule has 3 nitrogen and oxygen atoms in total. The van der Waals surface area contributed by atoms with Gasteiger partial charge in [-0.1, -0.05) is 43.2 Å². The Bertz CT molecular complexity index is 486. The van der Waals surface area contributed by atoms with Crippen LogP contribution in [0.3, 0.4) is 0 Å². The third-order valence-corrected chi connectivity index (χ3v) is 3.49. The largest absolute Gasteiger partial charge is 0.341 e. The first-order valence-corrected chi connectivity index (χ1v) is 6.68. The van der Waals surface area contributed by atoms with E-state index in [-0.39, 0.29) is 11.9 Å². The molecule has 2 rings (SSSR count). The Morgan fingerprint density at radius 3 is 2.79 bits per heavy atom. The summed E-state index contributed by atoms with van der Waals surface area (Å²) in [6.45, 7) is 6.71. The highest BCUT2D eigenvalue weighted by Crippen LogP contribution is 2.18. The fraction of sp³-hybridized carbons (Fsp3) is 0.438. The number of carbonyl (C=O) groups excluding carboxylic acids is 1. The molecule has 100 valence electrons. The summed E-state index contributed by atoms with van der Waals surface area (Å²) in [7, 11) is 0. The minimum atomic E-state index is -0.166. The minimum absolute atomic E-state index is 0.166. The topological polar surface area (TPSA) is 32.3 Å². The summed E-state index contributed by atoms with van der Waals surface area (Å²) in [5.74, 6) is 5.47. The van der Waals surface area contributed by atoms with Crippen LogP contribution in [0.1, 0.15) is 19.4 Å². The summed E-state index contributed by atoms with van der Waals surface area (Å²) in [4.78, 5) is 13.9. The van der Waals surface area contributed by atoms with Gasteiger partial charge in [0.05, 0.1) is 0 Å². The number of benzene rings is 1. The lowest BCUT2D eigenvalue weighted by atomic mass is 10.1. The lowest BCUT2D eigenvalue weighted by Gasteiger charge is -2.16. The second-order valence-electron chi connectivity index (χ2n) is 5.11. The van der Waals surface area contributed by atoms with Crippen molar-refractivity contribution in [1.82, 2.24) is 10.2 Å². The third kappa shape index (κ3) is 3.84. The number of hydrogen-bond acceptors (Lipinski definition) is 2. The van der Waals surface area contributed by atoms with Crippen LogP contribution in [0.15, 0.2) is 30.3 Å². The second kappa shape index (κ2) is 6.40. The van der Waals surface area contributed by atoms with Crippen LogP contribution in [0.25, 0.3) is 0 Å². The van der Waals surface area contributed by atoms with Crippen molar-refractivity contribution in [3.63, 3.8) is 0 Å². The highest BCUT2D eigenvalue weighted by Gasteiger charge is 2.30. The van der Waals surface area contributed by atoms with Crippen molar-refractivity contribution in [2.45, 2.75) is 26.4 Å². The van der Waals surface area contributed by atoms with Crippen molar-refractivity contribution in [2.24, 2.45) is 5.92 Å². The van der Waals surface area contributed by atoms with E-state index in [1.165, 1.54) is 5.56 Å². The summed E-state index contributed by atoms with van der Waals surface area (Å²) in [5.41, 5.74) is 1.31. The van der Waals surface area contributed by atoms with Crippen molar-refractivity contribution >= 4 is 5.91 Å². The van der Waals surface area contributed by atoms with Crippen LogP contribution in [-0.2, 0) is 11.3 Å². The zero-order chi connectivity index (χ0) is 13.7. The van der Waals surface area contributed by atoms with Crippen LogP contribution in [0, 0.1) is 17.8 Å². The number of amides is 1. The first kappa shape index (κ1) is 13.6. The fourth-order valence-electron chi connectivity index (χ4n) is 2.54. The lowest BCUT2D eigenvalue weighted by molar-refractivity contribution is -0.116. The maximum atomic E-state index is 11.5. The molecule has 1 aliphatic heterocycles. The quantitative estimate of drug-likeness (QED) is 0.834. The van der Waals surface area contributed by atoms with Crippen LogP contribution in [0.2, 0.25) is 0 Å². The summed E-state index contributed by atoms with van der Waals surface area (Å²) < 4.78 is 0. The predicted molar refractivity (Wildman–Crippen MR) is 76.3 cm³/mol. The molecule has 0 radical (unpaired) electrons. The Morgan fingerprint density at radius 1 is 1.37 bits per heavy atom. The number of likely N-dealkylation sites (tertiary alicyclic amines) is 1. The van der Waals surface area contributed by atoms with E-state index in [0.29, 0.717) is 5.92 Å². The van der Waals surface area contributed by atoms with Gasteiger partial charge in [-0.25, -0.2) is 0 Å². The van der Waals surface area contributed by atoms with Gasteiger partial charge >= 0.3 is 0 Å². The molecule has 0 spiro atoms. The third-order valence-electron chi connectivity index (χ3n) is 3.49. The number of rotatable bonds is 3. The molecule has 1 aromatic carbocycles. The van der Waals surface area contributed by atoms with Gasteiger partial charge in [0.15, 0.2) is 0 Å². The number of carbonyl (C=O) groups is 1. The summed E-state index contributed by atoms with van der Waals surface area (Å²) in [6.07, 6.45) is 0. The van der Waals surface area contributed by atoms with Gasteiger partial charge in [0.2, 0.25) is 0 Å². The van der Waals surface area contributed by atoms with Crippen molar-refractivity contribution in [3.8, 4) is 11.8 Å². The molecular weight excluding hydrogens is 236 g/mol. The highest BCUT2D eigenvalue weighted by atomic mass is 16.1. The zero-order valence-electron chi connectivity index (χ0n) is 11.5. The molecule has 1 N–H and O–H groups in total. The first-order valence-electron chi connectivity index (χ1n) is 6.68. The SMILES string of the molecule is CC#CC(=O)NC1CN(Cc2ccccc2)CC1C. The molecule has 1 aromatic rings. The molecule has 19 heavy (non-hydrogen) atoms. The normalized spacial score (nSPS) is 22.6. The molecular formula is C16H20N2O. The average molecular weight is 256 g/mol. The Kier molecular flexibility index (Phi) is 4.59. The van der Waals surface area contributed by atoms with Gasteiger partial charge in [0, 0.05) is 25.7 Å². The molecule has 0 aliphatic carbocycles. The van der Waals surface area contributed by atoms with Crippen molar-refractivity contribution in [3.05, 3.63) is 35.9 Å². The molecule has 1 heterocycles. The molecule has 2 atom stereocenters. The predicted octanol–water partition coefficient (Wildman–Crippen LogP) is 1.65. The standard InChI is InChI=1S/C16H20N2O/c1-3-7-16(19)17-15-12-18(10-13(15)2)11-14-8-5-4-6-9-14/h4-6,8-9,13,15H,10-12H2,1-2H3,(H,17,19). The Morgan fingerprint density at radius 2 is 2.11 bits per heavy atom.